The quantitative estimate of drug-likeness (QED) is 0.227. The van der Waals surface area contributed by atoms with Crippen LogP contribution >= 0.6 is 11.6 Å². The molecular formula is C33H37ClF3N3O5S. The van der Waals surface area contributed by atoms with Crippen LogP contribution in [0.1, 0.15) is 56.6 Å². The van der Waals surface area contributed by atoms with Gasteiger partial charge in [-0.15, -0.1) is 0 Å². The van der Waals surface area contributed by atoms with Crippen molar-refractivity contribution >= 4 is 39.1 Å². The van der Waals surface area contributed by atoms with E-state index in [-0.39, 0.29) is 29.8 Å². The Labute approximate surface area is 272 Å². The highest BCUT2D eigenvalue weighted by Gasteiger charge is 2.37. The predicted molar refractivity (Wildman–Crippen MR) is 170 cm³/mol. The second kappa shape index (κ2) is 15.2. The predicted octanol–water partition coefficient (Wildman–Crippen LogP) is 6.82. The number of nitrogens with one attached hydrogen (secondary N) is 1. The Balaban J connectivity index is 1.76. The van der Waals surface area contributed by atoms with E-state index in [1.807, 2.05) is 0 Å². The summed E-state index contributed by atoms with van der Waals surface area (Å²) in [5, 5.41) is 2.44. The molecule has 0 unspecified atom stereocenters. The number of carbonyl (C=O) groups excluding carboxylic acids is 2. The van der Waals surface area contributed by atoms with Crippen molar-refractivity contribution in [1.29, 1.82) is 0 Å². The Kier molecular flexibility index (Phi) is 11.6. The zero-order valence-corrected chi connectivity index (χ0v) is 27.2. The number of alkyl halides is 3. The number of amides is 2. The summed E-state index contributed by atoms with van der Waals surface area (Å²) in [7, 11) is -3.05. The van der Waals surface area contributed by atoms with Gasteiger partial charge in [-0.3, -0.25) is 13.9 Å². The average Bonchev–Trinajstić information content (AvgIpc) is 3.04. The first-order chi connectivity index (χ1) is 21.8. The highest BCUT2D eigenvalue weighted by atomic mass is 35.5. The molecule has 0 radical (unpaired) electrons. The highest BCUT2D eigenvalue weighted by molar-refractivity contribution is 7.92. The molecule has 1 saturated carbocycles. The van der Waals surface area contributed by atoms with Gasteiger partial charge in [-0.05, 0) is 67.3 Å². The summed E-state index contributed by atoms with van der Waals surface area (Å²) in [5.74, 6) is -0.573. The molecule has 1 N–H and O–H groups in total. The number of hydrogen-bond donors (Lipinski definition) is 1. The fraction of sp³-hybridized carbons (Fsp3) is 0.394. The molecule has 3 aromatic rings. The Morgan fingerprint density at radius 3 is 2.24 bits per heavy atom. The minimum Gasteiger partial charge on any atom is -0.497 e. The Morgan fingerprint density at radius 2 is 1.65 bits per heavy atom. The first-order valence-corrected chi connectivity index (χ1v) is 16.8. The molecule has 0 aliphatic heterocycles. The van der Waals surface area contributed by atoms with E-state index >= 15 is 0 Å². The van der Waals surface area contributed by atoms with E-state index < -0.39 is 51.0 Å². The minimum atomic E-state index is -4.88. The van der Waals surface area contributed by atoms with Crippen molar-refractivity contribution in [3.8, 4) is 5.75 Å². The molecule has 1 atom stereocenters. The maximum absolute atomic E-state index is 14.2. The molecule has 0 aromatic heterocycles. The van der Waals surface area contributed by atoms with Crippen molar-refractivity contribution < 1.29 is 35.9 Å². The summed E-state index contributed by atoms with van der Waals surface area (Å²) in [5.41, 5.74) is -1.01. The van der Waals surface area contributed by atoms with Crippen LogP contribution in [0.4, 0.5) is 18.9 Å². The lowest BCUT2D eigenvalue weighted by molar-refractivity contribution is -0.140. The van der Waals surface area contributed by atoms with Crippen LogP contribution in [0.5, 0.6) is 5.75 Å². The zero-order chi connectivity index (χ0) is 33.5. The van der Waals surface area contributed by atoms with Gasteiger partial charge in [-0.25, -0.2) is 8.42 Å². The van der Waals surface area contributed by atoms with Crippen molar-refractivity contribution in [3.63, 3.8) is 0 Å². The van der Waals surface area contributed by atoms with Crippen LogP contribution in [-0.2, 0) is 32.3 Å². The van der Waals surface area contributed by atoms with Gasteiger partial charge >= 0.3 is 6.18 Å². The van der Waals surface area contributed by atoms with Crippen LogP contribution < -0.4 is 14.4 Å². The normalized spacial score (nSPS) is 14.7. The second-order valence-electron chi connectivity index (χ2n) is 11.1. The van der Waals surface area contributed by atoms with E-state index in [1.165, 1.54) is 36.3 Å². The van der Waals surface area contributed by atoms with Gasteiger partial charge < -0.3 is 15.0 Å². The van der Waals surface area contributed by atoms with Gasteiger partial charge in [-0.2, -0.15) is 13.2 Å². The number of benzene rings is 3. The van der Waals surface area contributed by atoms with Crippen molar-refractivity contribution in [3.05, 3.63) is 88.9 Å². The summed E-state index contributed by atoms with van der Waals surface area (Å²) in [6.07, 6.45) is -0.00787. The maximum Gasteiger partial charge on any atom is 0.417 e. The average molecular weight is 680 g/mol. The van der Waals surface area contributed by atoms with Gasteiger partial charge in [0.2, 0.25) is 11.8 Å². The highest BCUT2D eigenvalue weighted by Crippen LogP contribution is 2.38. The summed E-state index contributed by atoms with van der Waals surface area (Å²) in [4.78, 5) is 29.0. The standard InChI is InChI=1S/C33H37ClF3N3O5S/c1-3-30(32(42)38-24-10-6-4-7-11-24)39(21-23-14-17-26(45-2)18-15-23)31(41)22-40(46(43,44)27-12-8-5-9-13-27)25-16-19-29(34)28(20-25)33(35,36)37/h5,8-9,12-20,24,30H,3-4,6-7,10-11,21-22H2,1-2H3,(H,38,42)/t30-/m0/s1. The molecule has 0 saturated heterocycles. The lowest BCUT2D eigenvalue weighted by atomic mass is 9.95. The molecule has 0 bridgehead atoms. The third-order valence-electron chi connectivity index (χ3n) is 8.00. The molecule has 1 fully saturated rings. The first kappa shape index (κ1) is 35.1. The molecule has 13 heteroatoms. The molecule has 4 rings (SSSR count). The number of nitrogens with zero attached hydrogens (tertiary/aromatic N) is 2. The molecule has 2 amide bonds. The van der Waals surface area contributed by atoms with Crippen LogP contribution in [0.2, 0.25) is 5.02 Å². The number of methoxy groups -OCH3 is 1. The second-order valence-corrected chi connectivity index (χ2v) is 13.4. The number of halogens is 4. The minimum absolute atomic E-state index is 0.0435. The van der Waals surface area contributed by atoms with Crippen molar-refractivity contribution in [1.82, 2.24) is 10.2 Å². The molecule has 1 aliphatic carbocycles. The number of sulfonamides is 1. The van der Waals surface area contributed by atoms with Gasteiger partial charge in [-0.1, -0.05) is 68.1 Å². The van der Waals surface area contributed by atoms with E-state index in [0.29, 0.717) is 21.7 Å². The van der Waals surface area contributed by atoms with Crippen molar-refractivity contribution in [2.75, 3.05) is 18.0 Å². The molecule has 1 aliphatic rings. The lowest BCUT2D eigenvalue weighted by Crippen LogP contribution is -2.54. The van der Waals surface area contributed by atoms with Crippen LogP contribution in [-0.4, -0.2) is 50.9 Å². The first-order valence-electron chi connectivity index (χ1n) is 15.0. The largest absolute Gasteiger partial charge is 0.497 e. The monoisotopic (exact) mass is 679 g/mol. The fourth-order valence-electron chi connectivity index (χ4n) is 5.53. The van der Waals surface area contributed by atoms with Crippen LogP contribution in [0.15, 0.2) is 77.7 Å². The van der Waals surface area contributed by atoms with Crippen LogP contribution in [0.25, 0.3) is 0 Å². The molecule has 0 heterocycles. The molecule has 3 aromatic carbocycles. The molecule has 248 valence electrons. The number of ether oxygens (including phenoxy) is 1. The summed E-state index contributed by atoms with van der Waals surface area (Å²) in [6, 6.07) is 15.6. The zero-order valence-electron chi connectivity index (χ0n) is 25.6. The van der Waals surface area contributed by atoms with Gasteiger partial charge in [0, 0.05) is 12.6 Å². The molecular weight excluding hydrogens is 643 g/mol. The van der Waals surface area contributed by atoms with Crippen LogP contribution in [0, 0.1) is 0 Å². The number of rotatable bonds is 12. The van der Waals surface area contributed by atoms with E-state index in [4.69, 9.17) is 16.3 Å². The van der Waals surface area contributed by atoms with E-state index in [2.05, 4.69) is 5.32 Å². The Hall–Kier alpha value is -3.77. The summed E-state index contributed by atoms with van der Waals surface area (Å²) in [6.45, 7) is 0.805. The Bertz CT molecular complexity index is 1600. The summed E-state index contributed by atoms with van der Waals surface area (Å²) >= 11 is 5.84. The van der Waals surface area contributed by atoms with Crippen LogP contribution in [0.3, 0.4) is 0 Å². The van der Waals surface area contributed by atoms with Gasteiger partial charge in [0.1, 0.15) is 18.3 Å². The molecule has 46 heavy (non-hydrogen) atoms. The smallest absolute Gasteiger partial charge is 0.417 e. The number of anilines is 1. The van der Waals surface area contributed by atoms with E-state index in [9.17, 15) is 31.2 Å². The summed E-state index contributed by atoms with van der Waals surface area (Å²) < 4.78 is 75.3. The third kappa shape index (κ3) is 8.52. The van der Waals surface area contributed by atoms with Gasteiger partial charge in [0.15, 0.2) is 0 Å². The Morgan fingerprint density at radius 1 is 1.00 bits per heavy atom. The van der Waals surface area contributed by atoms with E-state index in [1.54, 1.807) is 37.3 Å². The molecule has 0 spiro atoms. The molecule has 8 nitrogen and oxygen atoms in total. The SMILES string of the molecule is CC[C@@H](C(=O)NC1CCCCC1)N(Cc1ccc(OC)cc1)C(=O)CN(c1ccc(Cl)c(C(F)(F)F)c1)S(=O)(=O)c1ccccc1. The topological polar surface area (TPSA) is 96.0 Å². The van der Waals surface area contributed by atoms with Gasteiger partial charge in [0.25, 0.3) is 10.0 Å². The lowest BCUT2D eigenvalue weighted by Gasteiger charge is -2.34. The van der Waals surface area contributed by atoms with Gasteiger partial charge in [0.05, 0.1) is 28.3 Å². The maximum atomic E-state index is 14.2. The van der Waals surface area contributed by atoms with Crippen molar-refractivity contribution in [2.24, 2.45) is 0 Å². The van der Waals surface area contributed by atoms with Crippen molar-refractivity contribution in [2.45, 2.75) is 75.1 Å². The fourth-order valence-corrected chi connectivity index (χ4v) is 7.18. The number of carbonyl (C=O) groups is 2. The van der Waals surface area contributed by atoms with E-state index in [0.717, 1.165) is 44.2 Å². The number of hydrogen-bond acceptors (Lipinski definition) is 5. The third-order valence-corrected chi connectivity index (χ3v) is 10.1.